The van der Waals surface area contributed by atoms with E-state index < -0.39 is 0 Å². The first-order valence-electron chi connectivity index (χ1n) is 7.22. The van der Waals surface area contributed by atoms with E-state index in [1.165, 1.54) is 11.1 Å². The molecule has 20 heavy (non-hydrogen) atoms. The highest BCUT2D eigenvalue weighted by Crippen LogP contribution is 2.14. The maximum absolute atomic E-state index is 6.04. The van der Waals surface area contributed by atoms with Crippen molar-refractivity contribution in [2.24, 2.45) is 7.05 Å². The first-order valence-corrected chi connectivity index (χ1v) is 7.22. The molecule has 0 spiro atoms. The predicted molar refractivity (Wildman–Crippen MR) is 83.3 cm³/mol. The van der Waals surface area contributed by atoms with Gasteiger partial charge in [-0.05, 0) is 36.6 Å². The molecule has 0 fully saturated rings. The molecule has 0 saturated heterocycles. The highest BCUT2D eigenvalue weighted by Gasteiger charge is 2.08. The van der Waals surface area contributed by atoms with Crippen molar-refractivity contribution in [1.29, 1.82) is 0 Å². The van der Waals surface area contributed by atoms with Crippen LogP contribution in [0.5, 0.6) is 0 Å². The Morgan fingerprint density at radius 3 is 2.70 bits per heavy atom. The maximum atomic E-state index is 6.04. The van der Waals surface area contributed by atoms with Gasteiger partial charge in [0.1, 0.15) is 0 Å². The van der Waals surface area contributed by atoms with E-state index in [4.69, 9.17) is 5.73 Å². The summed E-state index contributed by atoms with van der Waals surface area (Å²) in [5, 5.41) is 4.22. The van der Waals surface area contributed by atoms with Crippen LogP contribution in [0.3, 0.4) is 0 Å². The van der Waals surface area contributed by atoms with Gasteiger partial charge in [-0.25, -0.2) is 0 Å². The highest BCUT2D eigenvalue weighted by atomic mass is 15.2. The van der Waals surface area contributed by atoms with Gasteiger partial charge in [-0.2, -0.15) is 5.10 Å². The summed E-state index contributed by atoms with van der Waals surface area (Å²) in [4.78, 5) is 2.46. The van der Waals surface area contributed by atoms with Crippen molar-refractivity contribution >= 4 is 5.69 Å². The Bertz CT molecular complexity index is 533. The molecule has 0 bridgehead atoms. The van der Waals surface area contributed by atoms with E-state index >= 15 is 0 Å². The number of anilines is 1. The number of benzene rings is 1. The summed E-state index contributed by atoms with van der Waals surface area (Å²) in [6.07, 6.45) is 6.21. The van der Waals surface area contributed by atoms with Gasteiger partial charge in [0.15, 0.2) is 0 Å². The van der Waals surface area contributed by atoms with Crippen molar-refractivity contribution in [2.75, 3.05) is 18.8 Å². The second-order valence-electron chi connectivity index (χ2n) is 5.25. The van der Waals surface area contributed by atoms with Crippen LogP contribution < -0.4 is 5.73 Å². The molecule has 0 saturated carbocycles. The summed E-state index contributed by atoms with van der Waals surface area (Å²) in [7, 11) is 1.96. The molecular formula is C16H24N4. The van der Waals surface area contributed by atoms with Gasteiger partial charge in [0, 0.05) is 32.0 Å². The smallest absolute Gasteiger partial charge is 0.0522 e. The average molecular weight is 272 g/mol. The van der Waals surface area contributed by atoms with Crippen LogP contribution in [0.25, 0.3) is 0 Å². The van der Waals surface area contributed by atoms with Gasteiger partial charge in [0.2, 0.25) is 0 Å². The summed E-state index contributed by atoms with van der Waals surface area (Å²) in [5.74, 6) is 0. The van der Waals surface area contributed by atoms with Gasteiger partial charge in [-0.15, -0.1) is 0 Å². The normalized spacial score (nSPS) is 11.2. The van der Waals surface area contributed by atoms with Gasteiger partial charge in [0.25, 0.3) is 0 Å². The molecule has 2 rings (SSSR count). The van der Waals surface area contributed by atoms with E-state index in [1.54, 1.807) is 0 Å². The average Bonchev–Trinajstić information content (AvgIpc) is 2.85. The fourth-order valence-electron chi connectivity index (χ4n) is 2.39. The van der Waals surface area contributed by atoms with E-state index in [0.717, 1.165) is 38.2 Å². The van der Waals surface area contributed by atoms with Crippen LogP contribution in [-0.2, 0) is 20.0 Å². The first kappa shape index (κ1) is 14.6. The number of nitrogens with two attached hydrogens (primary N) is 1. The molecule has 1 aromatic heterocycles. The predicted octanol–water partition coefficient (Wildman–Crippen LogP) is 2.46. The Morgan fingerprint density at radius 1 is 1.25 bits per heavy atom. The number of rotatable bonds is 7. The third-order valence-electron chi connectivity index (χ3n) is 3.46. The fraction of sp³-hybridized carbons (Fsp3) is 0.438. The third-order valence-corrected chi connectivity index (χ3v) is 3.46. The Kier molecular flexibility index (Phi) is 5.18. The van der Waals surface area contributed by atoms with Crippen LogP contribution in [-0.4, -0.2) is 27.8 Å². The Labute approximate surface area is 121 Å². The molecule has 0 amide bonds. The number of hydrogen-bond donors (Lipinski definition) is 1. The van der Waals surface area contributed by atoms with Gasteiger partial charge < -0.3 is 5.73 Å². The lowest BCUT2D eigenvalue weighted by molar-refractivity contribution is 0.270. The molecule has 0 aliphatic rings. The standard InChI is InChI=1S/C16H24N4/c1-3-9-20(10-8-14-11-18-19(2)12-14)13-15-6-4-5-7-16(15)17/h4-7,11-12H,3,8-10,13,17H2,1-2H3. The molecule has 0 unspecified atom stereocenters. The SMILES string of the molecule is CCCN(CCc1cnn(C)c1)Cc1ccccc1N. The van der Waals surface area contributed by atoms with Crippen molar-refractivity contribution in [2.45, 2.75) is 26.3 Å². The summed E-state index contributed by atoms with van der Waals surface area (Å²) >= 11 is 0. The molecule has 0 atom stereocenters. The van der Waals surface area contributed by atoms with Crippen molar-refractivity contribution in [3.8, 4) is 0 Å². The summed E-state index contributed by atoms with van der Waals surface area (Å²) in [5.41, 5.74) is 9.42. The third kappa shape index (κ3) is 4.10. The number of aryl methyl sites for hydroxylation is 1. The van der Waals surface area contributed by atoms with Crippen LogP contribution in [0, 0.1) is 0 Å². The zero-order valence-corrected chi connectivity index (χ0v) is 12.4. The Balaban J connectivity index is 1.95. The van der Waals surface area contributed by atoms with E-state index in [0.29, 0.717) is 0 Å². The number of para-hydroxylation sites is 1. The summed E-state index contributed by atoms with van der Waals surface area (Å²) in [6, 6.07) is 8.12. The lowest BCUT2D eigenvalue weighted by Gasteiger charge is -2.22. The number of nitrogens with zero attached hydrogens (tertiary/aromatic N) is 3. The van der Waals surface area contributed by atoms with Crippen molar-refractivity contribution < 1.29 is 0 Å². The molecule has 4 heteroatoms. The quantitative estimate of drug-likeness (QED) is 0.788. The highest BCUT2D eigenvalue weighted by molar-refractivity contribution is 5.46. The molecule has 0 radical (unpaired) electrons. The molecular weight excluding hydrogens is 248 g/mol. The second-order valence-corrected chi connectivity index (χ2v) is 5.25. The van der Waals surface area contributed by atoms with Crippen LogP contribution in [0.4, 0.5) is 5.69 Å². The second kappa shape index (κ2) is 7.10. The molecule has 0 aliphatic carbocycles. The van der Waals surface area contributed by atoms with Crippen molar-refractivity contribution in [3.05, 3.63) is 47.8 Å². The molecule has 1 heterocycles. The van der Waals surface area contributed by atoms with Crippen molar-refractivity contribution in [3.63, 3.8) is 0 Å². The van der Waals surface area contributed by atoms with Crippen LogP contribution in [0.2, 0.25) is 0 Å². The zero-order chi connectivity index (χ0) is 14.4. The van der Waals surface area contributed by atoms with E-state index in [-0.39, 0.29) is 0 Å². The fourth-order valence-corrected chi connectivity index (χ4v) is 2.39. The maximum Gasteiger partial charge on any atom is 0.0522 e. The first-order chi connectivity index (χ1) is 9.69. The van der Waals surface area contributed by atoms with Gasteiger partial charge in [-0.3, -0.25) is 9.58 Å². The number of hydrogen-bond acceptors (Lipinski definition) is 3. The van der Waals surface area contributed by atoms with Crippen LogP contribution in [0.15, 0.2) is 36.7 Å². The van der Waals surface area contributed by atoms with Crippen molar-refractivity contribution in [1.82, 2.24) is 14.7 Å². The van der Waals surface area contributed by atoms with Gasteiger partial charge in [-0.1, -0.05) is 25.1 Å². The monoisotopic (exact) mass is 272 g/mol. The van der Waals surface area contributed by atoms with E-state index in [2.05, 4.69) is 35.3 Å². The minimum absolute atomic E-state index is 0.884. The molecule has 1 aromatic carbocycles. The lowest BCUT2D eigenvalue weighted by Crippen LogP contribution is -2.27. The van der Waals surface area contributed by atoms with Crippen LogP contribution >= 0.6 is 0 Å². The van der Waals surface area contributed by atoms with E-state index in [9.17, 15) is 0 Å². The molecule has 2 N–H and O–H groups in total. The number of nitrogen functional groups attached to an aromatic ring is 1. The Morgan fingerprint density at radius 2 is 2.05 bits per heavy atom. The molecule has 4 nitrogen and oxygen atoms in total. The Hall–Kier alpha value is -1.81. The molecule has 2 aromatic rings. The van der Waals surface area contributed by atoms with E-state index in [1.807, 2.05) is 30.1 Å². The van der Waals surface area contributed by atoms with Gasteiger partial charge >= 0.3 is 0 Å². The topological polar surface area (TPSA) is 47.1 Å². The van der Waals surface area contributed by atoms with Crippen LogP contribution in [0.1, 0.15) is 24.5 Å². The molecule has 108 valence electrons. The largest absolute Gasteiger partial charge is 0.398 e. The zero-order valence-electron chi connectivity index (χ0n) is 12.4. The number of aromatic nitrogens is 2. The minimum atomic E-state index is 0.884. The summed E-state index contributed by atoms with van der Waals surface area (Å²) < 4.78 is 1.86. The lowest BCUT2D eigenvalue weighted by atomic mass is 10.1. The molecule has 0 aliphatic heterocycles. The summed E-state index contributed by atoms with van der Waals surface area (Å²) in [6.45, 7) is 5.26. The minimum Gasteiger partial charge on any atom is -0.398 e. The van der Waals surface area contributed by atoms with Gasteiger partial charge in [0.05, 0.1) is 6.20 Å².